The smallest absolute Gasteiger partial charge is 0.311 e. The average Bonchev–Trinajstić information content (AvgIpc) is 3.29. The molecule has 0 amide bonds. The minimum Gasteiger partial charge on any atom is -0.425 e. The monoisotopic (exact) mass is 514 g/mol. The van der Waals surface area contributed by atoms with Crippen LogP contribution in [0.15, 0.2) is 59.7 Å². The van der Waals surface area contributed by atoms with E-state index < -0.39 is 23.5 Å². The van der Waals surface area contributed by atoms with Gasteiger partial charge in [-0.05, 0) is 24.7 Å². The molecule has 0 spiro atoms. The van der Waals surface area contributed by atoms with Crippen molar-refractivity contribution in [1.82, 2.24) is 0 Å². The van der Waals surface area contributed by atoms with Crippen molar-refractivity contribution in [2.75, 3.05) is 0 Å². The summed E-state index contributed by atoms with van der Waals surface area (Å²) >= 11 is 0. The maximum Gasteiger partial charge on any atom is 0.311 e. The Bertz CT molecular complexity index is 1240. The average molecular weight is 515 g/mol. The summed E-state index contributed by atoms with van der Waals surface area (Å²) in [6.45, 7) is 8.33. The van der Waals surface area contributed by atoms with E-state index in [0.717, 1.165) is 12.8 Å². The van der Waals surface area contributed by atoms with E-state index >= 15 is 0 Å². The highest BCUT2D eigenvalue weighted by Gasteiger charge is 2.43. The van der Waals surface area contributed by atoms with E-state index in [1.54, 1.807) is 48.5 Å². The maximum atomic E-state index is 13.7. The van der Waals surface area contributed by atoms with Crippen molar-refractivity contribution in [1.29, 1.82) is 0 Å². The molecule has 0 aromatic heterocycles. The number of carbonyl (C=O) groups is 4. The van der Waals surface area contributed by atoms with Crippen LogP contribution in [0.5, 0.6) is 0 Å². The van der Waals surface area contributed by atoms with Crippen molar-refractivity contribution in [2.24, 2.45) is 11.8 Å². The molecular formula is C32H34O6. The quantitative estimate of drug-likeness (QED) is 0.302. The van der Waals surface area contributed by atoms with Crippen LogP contribution in [0.25, 0.3) is 11.5 Å². The summed E-state index contributed by atoms with van der Waals surface area (Å²) in [5.41, 5.74) is 1.51. The predicted octanol–water partition coefficient (Wildman–Crippen LogP) is 6.94. The zero-order valence-electron chi connectivity index (χ0n) is 22.5. The number of esters is 2. The van der Waals surface area contributed by atoms with Gasteiger partial charge in [0.1, 0.15) is 0 Å². The number of carbonyl (C=O) groups excluding carboxylic acids is 4. The first-order valence-corrected chi connectivity index (χ1v) is 13.4. The summed E-state index contributed by atoms with van der Waals surface area (Å²) in [6, 6.07) is 13.6. The number of benzene rings is 2. The lowest BCUT2D eigenvalue weighted by Gasteiger charge is -2.12. The fourth-order valence-electron chi connectivity index (χ4n) is 4.81. The molecule has 0 bridgehead atoms. The predicted molar refractivity (Wildman–Crippen MR) is 145 cm³/mol. The summed E-state index contributed by atoms with van der Waals surface area (Å²) in [7, 11) is 0. The Balaban J connectivity index is 1.77. The van der Waals surface area contributed by atoms with Gasteiger partial charge in [-0.25, -0.2) is 0 Å². The highest BCUT2D eigenvalue weighted by atomic mass is 16.5. The Morgan fingerprint density at radius 1 is 0.605 bits per heavy atom. The molecule has 2 aromatic carbocycles. The van der Waals surface area contributed by atoms with Crippen LogP contribution in [0, 0.1) is 11.8 Å². The molecule has 0 radical (unpaired) electrons. The van der Waals surface area contributed by atoms with E-state index in [2.05, 4.69) is 27.7 Å². The van der Waals surface area contributed by atoms with Gasteiger partial charge in [-0.3, -0.25) is 19.2 Å². The van der Waals surface area contributed by atoms with Crippen molar-refractivity contribution >= 4 is 35.0 Å². The Morgan fingerprint density at radius 2 is 0.947 bits per heavy atom. The SMILES string of the molecule is CC(C)CCCC(=O)OC1=C(C2=C(OC(=O)CCCC(C)C)c3ccccc3C2=O)C(=O)c2ccccc21. The third-order valence-corrected chi connectivity index (χ3v) is 6.75. The fraction of sp³-hybridized carbons (Fsp3) is 0.375. The Hall–Kier alpha value is -3.80. The number of hydrogen-bond acceptors (Lipinski definition) is 6. The van der Waals surface area contributed by atoms with Crippen molar-refractivity contribution in [3.8, 4) is 0 Å². The van der Waals surface area contributed by atoms with Crippen LogP contribution in [0.4, 0.5) is 0 Å². The number of hydrogen-bond donors (Lipinski definition) is 0. The van der Waals surface area contributed by atoms with Crippen LogP contribution in [-0.4, -0.2) is 23.5 Å². The minimum atomic E-state index is -0.474. The number of ether oxygens (including phenoxy) is 2. The van der Waals surface area contributed by atoms with Crippen molar-refractivity contribution in [2.45, 2.75) is 66.2 Å². The largest absolute Gasteiger partial charge is 0.425 e. The molecule has 2 aliphatic carbocycles. The molecule has 0 heterocycles. The molecule has 6 nitrogen and oxygen atoms in total. The van der Waals surface area contributed by atoms with Crippen LogP contribution in [0.2, 0.25) is 0 Å². The van der Waals surface area contributed by atoms with Crippen molar-refractivity contribution in [3.05, 3.63) is 81.9 Å². The normalized spacial score (nSPS) is 14.5. The van der Waals surface area contributed by atoms with Crippen LogP contribution in [-0.2, 0) is 19.1 Å². The second-order valence-electron chi connectivity index (χ2n) is 10.7. The molecule has 0 aliphatic heterocycles. The van der Waals surface area contributed by atoms with Gasteiger partial charge >= 0.3 is 11.9 Å². The molecule has 198 valence electrons. The fourth-order valence-corrected chi connectivity index (χ4v) is 4.81. The lowest BCUT2D eigenvalue weighted by Crippen LogP contribution is -2.12. The van der Waals surface area contributed by atoms with Crippen LogP contribution < -0.4 is 0 Å². The van der Waals surface area contributed by atoms with Crippen molar-refractivity contribution in [3.63, 3.8) is 0 Å². The zero-order valence-corrected chi connectivity index (χ0v) is 22.5. The molecule has 6 heteroatoms. The lowest BCUT2D eigenvalue weighted by atomic mass is 9.98. The van der Waals surface area contributed by atoms with E-state index in [-0.39, 0.29) is 35.5 Å². The lowest BCUT2D eigenvalue weighted by molar-refractivity contribution is -0.137. The van der Waals surface area contributed by atoms with E-state index in [1.165, 1.54) is 0 Å². The first-order valence-electron chi connectivity index (χ1n) is 13.4. The summed E-state index contributed by atoms with van der Waals surface area (Å²) < 4.78 is 11.6. The molecule has 0 fully saturated rings. The second-order valence-corrected chi connectivity index (χ2v) is 10.7. The summed E-state index contributed by atoms with van der Waals surface area (Å²) in [6.07, 6.45) is 3.42. The van der Waals surface area contributed by atoms with Crippen LogP contribution >= 0.6 is 0 Å². The number of rotatable bonds is 11. The van der Waals surface area contributed by atoms with Crippen molar-refractivity contribution < 1.29 is 28.7 Å². The molecule has 0 N–H and O–H groups in total. The zero-order chi connectivity index (χ0) is 27.4. The second kappa shape index (κ2) is 11.7. The Labute approximate surface area is 223 Å². The highest BCUT2D eigenvalue weighted by molar-refractivity contribution is 6.34. The first kappa shape index (κ1) is 27.2. The third-order valence-electron chi connectivity index (χ3n) is 6.75. The first-order chi connectivity index (χ1) is 18.2. The van der Waals surface area contributed by atoms with Gasteiger partial charge in [-0.1, -0.05) is 89.1 Å². The minimum absolute atomic E-state index is 0.0328. The highest BCUT2D eigenvalue weighted by Crippen LogP contribution is 2.45. The van der Waals surface area contributed by atoms with Gasteiger partial charge in [0.2, 0.25) is 0 Å². The van der Waals surface area contributed by atoms with Gasteiger partial charge in [-0.15, -0.1) is 0 Å². The maximum absolute atomic E-state index is 13.7. The standard InChI is InChI=1S/C32H34O6/c1-19(2)11-9-17-25(33)37-31-23-15-7-5-13-21(23)29(35)27(31)28-30(36)22-14-6-8-16-24(22)32(28)38-26(34)18-10-12-20(3)4/h5-8,13-16,19-20H,9-12,17-18H2,1-4H3. The molecule has 4 rings (SSSR count). The third kappa shape index (κ3) is 5.69. The number of allylic oxidation sites excluding steroid dienone is 2. The van der Waals surface area contributed by atoms with Gasteiger partial charge in [-0.2, -0.15) is 0 Å². The van der Waals surface area contributed by atoms with Gasteiger partial charge in [0.15, 0.2) is 23.1 Å². The topological polar surface area (TPSA) is 86.7 Å². The molecule has 0 atom stereocenters. The molecule has 2 aromatic rings. The molecule has 0 saturated carbocycles. The van der Waals surface area contributed by atoms with Crippen LogP contribution in [0.3, 0.4) is 0 Å². The molecular weight excluding hydrogens is 480 g/mol. The van der Waals surface area contributed by atoms with E-state index in [9.17, 15) is 19.2 Å². The van der Waals surface area contributed by atoms with E-state index in [1.807, 2.05) is 0 Å². The molecule has 0 unspecified atom stereocenters. The summed E-state index contributed by atoms with van der Waals surface area (Å²) in [5, 5.41) is 0. The summed E-state index contributed by atoms with van der Waals surface area (Å²) in [5.74, 6) is -0.829. The Morgan fingerprint density at radius 3 is 1.29 bits per heavy atom. The Kier molecular flexibility index (Phi) is 8.40. The molecule has 2 aliphatic rings. The number of ketones is 2. The molecule has 0 saturated heterocycles. The van der Waals surface area contributed by atoms with Crippen LogP contribution in [0.1, 0.15) is 98.1 Å². The number of fused-ring (bicyclic) bond motifs is 2. The van der Waals surface area contributed by atoms with E-state index in [4.69, 9.17) is 9.47 Å². The van der Waals surface area contributed by atoms with E-state index in [0.29, 0.717) is 46.9 Å². The van der Waals surface area contributed by atoms with Gasteiger partial charge in [0.25, 0.3) is 0 Å². The van der Waals surface area contributed by atoms with Gasteiger partial charge < -0.3 is 9.47 Å². The van der Waals surface area contributed by atoms with Gasteiger partial charge in [0, 0.05) is 35.1 Å². The molecule has 38 heavy (non-hydrogen) atoms. The number of Topliss-reactive ketones (excluding diaryl/α,β-unsaturated/α-hetero) is 2. The van der Waals surface area contributed by atoms with Gasteiger partial charge in [0.05, 0.1) is 11.1 Å². The summed E-state index contributed by atoms with van der Waals surface area (Å²) in [4.78, 5) is 53.0.